The Labute approximate surface area is 83.5 Å². The topological polar surface area (TPSA) is 66.3 Å². The van der Waals surface area contributed by atoms with Gasteiger partial charge in [-0.05, 0) is 3.44 Å². The summed E-state index contributed by atoms with van der Waals surface area (Å²) >= 11 is -3.76. The number of hydrogen-bond acceptors (Lipinski definition) is 3. The second kappa shape index (κ2) is 10.3. The predicted molar refractivity (Wildman–Crippen MR) is 24.8 cm³/mol. The Kier molecular flexibility index (Phi) is 27.2. The normalized spacial score (nSPS) is 6.00. The van der Waals surface area contributed by atoms with Crippen LogP contribution >= 0.6 is 24.0 Å². The molecule has 0 aliphatic rings. The molecule has 36 valence electrons. The van der Waals surface area contributed by atoms with Gasteiger partial charge in [-0.3, -0.25) is 0 Å². The predicted octanol–water partition coefficient (Wildman–Crippen LogP) is -5.96. The Morgan fingerprint density at radius 3 is 1.33 bits per heavy atom. The molecular weight excluding hydrogens is 325 g/mol. The van der Waals surface area contributed by atoms with Crippen molar-refractivity contribution in [2.24, 2.45) is 0 Å². The Morgan fingerprint density at radius 2 is 1.33 bits per heavy atom. The smallest absolute Gasteiger partial charge is 0.396 e. The molecule has 0 atom stereocenters. The van der Waals surface area contributed by atoms with Crippen molar-refractivity contribution in [3.63, 3.8) is 0 Å². The van der Waals surface area contributed by atoms with Crippen LogP contribution in [0.2, 0.25) is 0 Å². The molecule has 0 bridgehead atoms. The first-order valence-corrected chi connectivity index (χ1v) is 3.20. The molecular formula is H3I2NaO3. The zero-order valence-corrected chi connectivity index (χ0v) is 6.54. The average Bonchev–Trinajstić information content (AvgIpc) is 0.811. The largest absolute Gasteiger partial charge is 0.503 e. The molecule has 1 N–H and O–H groups in total. The van der Waals surface area contributed by atoms with Crippen LogP contribution in [0.4, 0.5) is 0 Å². The molecule has 0 radical (unpaired) electrons. The van der Waals surface area contributed by atoms with Crippen LogP contribution in [0.5, 0.6) is 0 Å². The quantitative estimate of drug-likeness (QED) is 0.356. The molecule has 0 rings (SSSR count). The van der Waals surface area contributed by atoms with E-state index in [0.29, 0.717) is 0 Å². The van der Waals surface area contributed by atoms with Gasteiger partial charge < -0.3 is 6.87 Å². The summed E-state index contributed by atoms with van der Waals surface area (Å²) in [5.74, 6) is 0. The zero-order chi connectivity index (χ0) is 3.58. The number of rotatable bonds is 0. The van der Waals surface area contributed by atoms with E-state index in [2.05, 4.69) is 0 Å². The van der Waals surface area contributed by atoms with Crippen LogP contribution in [0.15, 0.2) is 0 Å². The fourth-order valence-corrected chi connectivity index (χ4v) is 0. The summed E-state index contributed by atoms with van der Waals surface area (Å²) in [5.41, 5.74) is 0. The van der Waals surface area contributed by atoms with Crippen molar-refractivity contribution in [2.45, 2.75) is 0 Å². The van der Waals surface area contributed by atoms with Gasteiger partial charge in [-0.15, -0.1) is 24.0 Å². The summed E-state index contributed by atoms with van der Waals surface area (Å²) in [6.45, 7) is 0. The summed E-state index contributed by atoms with van der Waals surface area (Å²) < 4.78 is 24.5. The van der Waals surface area contributed by atoms with Crippen molar-refractivity contribution >= 4 is 53.5 Å². The van der Waals surface area contributed by atoms with Gasteiger partial charge in [0.05, 0.1) is 0 Å². The van der Waals surface area contributed by atoms with Gasteiger partial charge in [0.1, 0.15) is 0 Å². The molecule has 0 saturated heterocycles. The molecule has 3 nitrogen and oxygen atoms in total. The Bertz CT molecular complexity index is 13.5. The van der Waals surface area contributed by atoms with E-state index in [1.54, 1.807) is 0 Å². The van der Waals surface area contributed by atoms with Gasteiger partial charge in [0.25, 0.3) is 0 Å². The third-order valence-corrected chi connectivity index (χ3v) is 0. The van der Waals surface area contributed by atoms with Gasteiger partial charge in [0.2, 0.25) is 0 Å². The molecule has 0 spiro atoms. The maximum atomic E-state index is 8.68. The molecule has 0 unspecified atom stereocenters. The van der Waals surface area contributed by atoms with Crippen LogP contribution in [0.1, 0.15) is 0 Å². The van der Waals surface area contributed by atoms with Gasteiger partial charge in [0, 0.05) is 0 Å². The monoisotopic (exact) mass is 328 g/mol. The Morgan fingerprint density at radius 1 is 1.33 bits per heavy atom. The van der Waals surface area contributed by atoms with Crippen molar-refractivity contribution < 1.29 is 31.4 Å². The van der Waals surface area contributed by atoms with E-state index in [1.165, 1.54) is 0 Å². The first-order valence-electron chi connectivity index (χ1n) is 0.478. The molecule has 0 aromatic heterocycles. The second-order valence-corrected chi connectivity index (χ2v) is 1.35. The molecule has 6 heavy (non-hydrogen) atoms. The second-order valence-electron chi connectivity index (χ2n) is 0.201. The van der Waals surface area contributed by atoms with Crippen LogP contribution in [-0.4, -0.2) is 33.0 Å². The van der Waals surface area contributed by atoms with Crippen molar-refractivity contribution in [2.75, 3.05) is 0 Å². The molecule has 6 heteroatoms. The maximum Gasteiger partial charge on any atom is 0.503 e. The van der Waals surface area contributed by atoms with Crippen LogP contribution in [0.3, 0.4) is 0 Å². The minimum absolute atomic E-state index is 0. The van der Waals surface area contributed by atoms with E-state index in [-0.39, 0.29) is 53.5 Å². The van der Waals surface area contributed by atoms with E-state index in [9.17, 15) is 0 Å². The van der Waals surface area contributed by atoms with Gasteiger partial charge in [0.15, 0.2) is 0 Å². The van der Waals surface area contributed by atoms with Crippen LogP contribution in [-0.2, 0) is 0 Å². The van der Waals surface area contributed by atoms with Crippen molar-refractivity contribution in [3.05, 3.63) is 0 Å². The number of hydrogen-bond donors (Lipinski definition) is 1. The fourth-order valence-electron chi connectivity index (χ4n) is 0. The van der Waals surface area contributed by atoms with Crippen LogP contribution in [0, 0.1) is 0 Å². The molecule has 0 heterocycles. The van der Waals surface area contributed by atoms with E-state index < -0.39 is 21.1 Å². The summed E-state index contributed by atoms with van der Waals surface area (Å²) in [4.78, 5) is 0. The fraction of sp³-hybridized carbons (Fsp3) is 0. The van der Waals surface area contributed by atoms with E-state index in [0.717, 1.165) is 0 Å². The molecule has 0 aromatic rings. The van der Waals surface area contributed by atoms with Crippen LogP contribution in [0.25, 0.3) is 0 Å². The first kappa shape index (κ1) is 15.8. The van der Waals surface area contributed by atoms with Gasteiger partial charge in [-0.2, -0.15) is 0 Å². The van der Waals surface area contributed by atoms with Gasteiger partial charge >= 0.3 is 50.6 Å². The van der Waals surface area contributed by atoms with Crippen molar-refractivity contribution in [3.8, 4) is 0 Å². The molecule has 0 aliphatic heterocycles. The minimum Gasteiger partial charge on any atom is -0.396 e. The Hall–Kier alpha value is 2.34. The summed E-state index contributed by atoms with van der Waals surface area (Å²) in [6, 6.07) is 0. The SMILES string of the molecule is I.[NaH].[O-][I+2]([O-])O. The Balaban J connectivity index is -0.0000000450. The first-order chi connectivity index (χ1) is 1.73. The number of halogens is 2. The molecule has 0 amide bonds. The summed E-state index contributed by atoms with van der Waals surface area (Å²) in [7, 11) is 0. The molecule has 0 saturated carbocycles. The standard InChI is InChI=1S/HIO3.HI.Na.H/c2-1(3)4;;;/h2H;1H;;. The third-order valence-electron chi connectivity index (χ3n) is 0. The minimum atomic E-state index is -3.76. The van der Waals surface area contributed by atoms with E-state index >= 15 is 0 Å². The summed E-state index contributed by atoms with van der Waals surface area (Å²) in [5, 5.41) is 0. The van der Waals surface area contributed by atoms with Crippen molar-refractivity contribution in [1.82, 2.24) is 0 Å². The maximum absolute atomic E-state index is 8.68. The third kappa shape index (κ3) is 33.0. The van der Waals surface area contributed by atoms with Crippen molar-refractivity contribution in [1.29, 1.82) is 0 Å². The molecule has 0 aliphatic carbocycles. The molecule has 0 fully saturated rings. The summed E-state index contributed by atoms with van der Waals surface area (Å²) in [6.07, 6.45) is 0. The van der Waals surface area contributed by atoms with Gasteiger partial charge in [-0.25, -0.2) is 0 Å². The zero-order valence-electron chi connectivity index (χ0n) is 2.05. The van der Waals surface area contributed by atoms with Crippen LogP contribution < -0.4 is 27.9 Å². The van der Waals surface area contributed by atoms with E-state index in [1.807, 2.05) is 0 Å². The molecule has 0 aromatic carbocycles. The van der Waals surface area contributed by atoms with Gasteiger partial charge in [-0.1, -0.05) is 0 Å². The van der Waals surface area contributed by atoms with E-state index in [4.69, 9.17) is 10.3 Å². The average molecular weight is 328 g/mol.